The first kappa shape index (κ1) is 14.9. The molecular formula is C16H14ClF3. The Bertz CT molecular complexity index is 658. The van der Waals surface area contributed by atoms with Crippen molar-refractivity contribution in [1.29, 1.82) is 0 Å². The standard InChI is InChI=1S/C16H14ClF3/c1-16(2,3)11-6-7-13(19)14(15(11)20)10-5-4-9(18)8-12(10)17/h4-8H,1-3H3. The topological polar surface area (TPSA) is 0 Å². The summed E-state index contributed by atoms with van der Waals surface area (Å²) in [5, 5.41) is -0.0196. The minimum Gasteiger partial charge on any atom is -0.207 e. The molecule has 0 nitrogen and oxygen atoms in total. The SMILES string of the molecule is CC(C)(C)c1ccc(F)c(-c2ccc(F)cc2Cl)c1F. The van der Waals surface area contributed by atoms with Crippen molar-refractivity contribution < 1.29 is 13.2 Å². The second-order valence-corrected chi connectivity index (χ2v) is 6.07. The Hall–Kier alpha value is -1.48. The van der Waals surface area contributed by atoms with Gasteiger partial charge in [-0.1, -0.05) is 38.4 Å². The fourth-order valence-corrected chi connectivity index (χ4v) is 2.33. The fourth-order valence-electron chi connectivity index (χ4n) is 2.07. The molecule has 0 aliphatic rings. The van der Waals surface area contributed by atoms with Gasteiger partial charge < -0.3 is 0 Å². The second-order valence-electron chi connectivity index (χ2n) is 5.66. The maximum Gasteiger partial charge on any atom is 0.137 e. The van der Waals surface area contributed by atoms with E-state index in [9.17, 15) is 13.2 Å². The van der Waals surface area contributed by atoms with Crippen LogP contribution < -0.4 is 0 Å². The van der Waals surface area contributed by atoms with Crippen LogP contribution in [0.15, 0.2) is 30.3 Å². The Morgan fingerprint density at radius 3 is 2.15 bits per heavy atom. The zero-order valence-electron chi connectivity index (χ0n) is 11.4. The molecule has 106 valence electrons. The fraction of sp³-hybridized carbons (Fsp3) is 0.250. The molecule has 0 amide bonds. The van der Waals surface area contributed by atoms with Gasteiger partial charge in [0.15, 0.2) is 0 Å². The predicted octanol–water partition coefficient (Wildman–Crippen LogP) is 5.72. The Labute approximate surface area is 121 Å². The van der Waals surface area contributed by atoms with Crippen molar-refractivity contribution in [3.63, 3.8) is 0 Å². The van der Waals surface area contributed by atoms with Crippen LogP contribution in [0.1, 0.15) is 26.3 Å². The van der Waals surface area contributed by atoms with Gasteiger partial charge in [-0.3, -0.25) is 0 Å². The van der Waals surface area contributed by atoms with E-state index >= 15 is 0 Å². The largest absolute Gasteiger partial charge is 0.207 e. The zero-order valence-corrected chi connectivity index (χ0v) is 12.2. The quantitative estimate of drug-likeness (QED) is 0.631. The number of benzene rings is 2. The molecule has 0 spiro atoms. The molecule has 0 bridgehead atoms. The number of rotatable bonds is 1. The molecule has 0 fully saturated rings. The van der Waals surface area contributed by atoms with Gasteiger partial charge in [0.2, 0.25) is 0 Å². The summed E-state index contributed by atoms with van der Waals surface area (Å²) in [5.74, 6) is -1.93. The van der Waals surface area contributed by atoms with Crippen LogP contribution in [-0.4, -0.2) is 0 Å². The van der Waals surface area contributed by atoms with Gasteiger partial charge in [-0.2, -0.15) is 0 Å². The lowest BCUT2D eigenvalue weighted by Crippen LogP contribution is -2.14. The average Bonchev–Trinajstić information content (AvgIpc) is 2.29. The third-order valence-electron chi connectivity index (χ3n) is 3.10. The molecule has 0 unspecified atom stereocenters. The van der Waals surface area contributed by atoms with Crippen LogP contribution in [0.4, 0.5) is 13.2 Å². The van der Waals surface area contributed by atoms with Crippen LogP contribution in [0.3, 0.4) is 0 Å². The normalized spacial score (nSPS) is 11.8. The Kier molecular flexibility index (Phi) is 3.83. The minimum atomic E-state index is -0.719. The lowest BCUT2D eigenvalue weighted by molar-refractivity contribution is 0.514. The highest BCUT2D eigenvalue weighted by molar-refractivity contribution is 6.33. The Morgan fingerprint density at radius 1 is 0.950 bits per heavy atom. The van der Waals surface area contributed by atoms with E-state index in [1.165, 1.54) is 18.2 Å². The molecule has 2 aromatic carbocycles. The lowest BCUT2D eigenvalue weighted by atomic mass is 9.84. The smallest absolute Gasteiger partial charge is 0.137 e. The van der Waals surface area contributed by atoms with Crippen LogP contribution in [0.5, 0.6) is 0 Å². The highest BCUT2D eigenvalue weighted by Crippen LogP contribution is 2.37. The zero-order chi connectivity index (χ0) is 15.1. The van der Waals surface area contributed by atoms with Crippen LogP contribution >= 0.6 is 11.6 Å². The first-order valence-corrected chi connectivity index (χ1v) is 6.53. The van der Waals surface area contributed by atoms with Crippen molar-refractivity contribution in [3.05, 3.63) is 58.4 Å². The second kappa shape index (κ2) is 5.13. The molecule has 0 radical (unpaired) electrons. The lowest BCUT2D eigenvalue weighted by Gasteiger charge is -2.21. The Balaban J connectivity index is 2.74. The third-order valence-corrected chi connectivity index (χ3v) is 3.41. The maximum atomic E-state index is 14.6. The van der Waals surface area contributed by atoms with Crippen LogP contribution in [-0.2, 0) is 5.41 Å². The first-order valence-electron chi connectivity index (χ1n) is 6.15. The van der Waals surface area contributed by atoms with Gasteiger partial charge in [-0.25, -0.2) is 13.2 Å². The van der Waals surface area contributed by atoms with E-state index in [1.807, 2.05) is 20.8 Å². The van der Waals surface area contributed by atoms with Gasteiger partial charge in [0.05, 0.1) is 10.6 Å². The number of hydrogen-bond acceptors (Lipinski definition) is 0. The predicted molar refractivity (Wildman–Crippen MR) is 75.5 cm³/mol. The summed E-state index contributed by atoms with van der Waals surface area (Å²) in [5.41, 5.74) is -0.162. The molecule has 0 atom stereocenters. The summed E-state index contributed by atoms with van der Waals surface area (Å²) in [6, 6.07) is 6.08. The highest BCUT2D eigenvalue weighted by atomic mass is 35.5. The molecule has 0 aliphatic heterocycles. The summed E-state index contributed by atoms with van der Waals surface area (Å²) in [4.78, 5) is 0. The van der Waals surface area contributed by atoms with E-state index < -0.39 is 22.9 Å². The summed E-state index contributed by atoms with van der Waals surface area (Å²) in [7, 11) is 0. The van der Waals surface area contributed by atoms with E-state index in [-0.39, 0.29) is 16.1 Å². The molecule has 0 saturated heterocycles. The molecule has 2 rings (SSSR count). The van der Waals surface area contributed by atoms with Gasteiger partial charge in [0.1, 0.15) is 17.5 Å². The van der Waals surface area contributed by atoms with E-state index in [2.05, 4.69) is 0 Å². The van der Waals surface area contributed by atoms with E-state index in [4.69, 9.17) is 11.6 Å². The molecule has 20 heavy (non-hydrogen) atoms. The number of halogens is 4. The van der Waals surface area contributed by atoms with Crippen LogP contribution in [0.25, 0.3) is 11.1 Å². The van der Waals surface area contributed by atoms with Gasteiger partial charge in [0, 0.05) is 5.56 Å². The summed E-state index contributed by atoms with van der Waals surface area (Å²) in [6.45, 7) is 5.50. The van der Waals surface area contributed by atoms with E-state index in [0.717, 1.165) is 12.1 Å². The van der Waals surface area contributed by atoms with E-state index in [1.54, 1.807) is 0 Å². The molecule has 2 aromatic rings. The summed E-state index contributed by atoms with van der Waals surface area (Å²) in [6.07, 6.45) is 0. The molecule has 4 heteroatoms. The van der Waals surface area contributed by atoms with Crippen molar-refractivity contribution >= 4 is 11.6 Å². The molecular weight excluding hydrogens is 285 g/mol. The average molecular weight is 299 g/mol. The highest BCUT2D eigenvalue weighted by Gasteiger charge is 2.24. The maximum absolute atomic E-state index is 14.6. The molecule has 0 heterocycles. The monoisotopic (exact) mass is 298 g/mol. The van der Waals surface area contributed by atoms with Crippen molar-refractivity contribution in [2.75, 3.05) is 0 Å². The van der Waals surface area contributed by atoms with Crippen LogP contribution in [0.2, 0.25) is 5.02 Å². The van der Waals surface area contributed by atoms with Gasteiger partial charge in [-0.15, -0.1) is 0 Å². The van der Waals surface area contributed by atoms with Gasteiger partial charge in [0.25, 0.3) is 0 Å². The first-order chi connectivity index (χ1) is 9.21. The third kappa shape index (κ3) is 2.68. The van der Waals surface area contributed by atoms with Gasteiger partial charge >= 0.3 is 0 Å². The minimum absolute atomic E-state index is 0.0196. The van der Waals surface area contributed by atoms with Crippen molar-refractivity contribution in [3.8, 4) is 11.1 Å². The summed E-state index contributed by atoms with van der Waals surface area (Å²) < 4.78 is 41.7. The van der Waals surface area contributed by atoms with Crippen molar-refractivity contribution in [1.82, 2.24) is 0 Å². The molecule has 0 N–H and O–H groups in total. The Morgan fingerprint density at radius 2 is 1.60 bits per heavy atom. The molecule has 0 aromatic heterocycles. The number of hydrogen-bond donors (Lipinski definition) is 0. The van der Waals surface area contributed by atoms with Crippen molar-refractivity contribution in [2.24, 2.45) is 0 Å². The van der Waals surface area contributed by atoms with Crippen molar-refractivity contribution in [2.45, 2.75) is 26.2 Å². The van der Waals surface area contributed by atoms with Gasteiger partial charge in [-0.05, 0) is 35.2 Å². The molecule has 0 saturated carbocycles. The van der Waals surface area contributed by atoms with Crippen LogP contribution in [0, 0.1) is 17.5 Å². The summed E-state index contributed by atoms with van der Waals surface area (Å²) >= 11 is 5.90. The molecule has 0 aliphatic carbocycles. The van der Waals surface area contributed by atoms with E-state index in [0.29, 0.717) is 5.56 Å².